The summed E-state index contributed by atoms with van der Waals surface area (Å²) in [4.78, 5) is 13.9. The van der Waals surface area contributed by atoms with Crippen LogP contribution in [0.2, 0.25) is 0 Å². The van der Waals surface area contributed by atoms with Crippen LogP contribution in [0.25, 0.3) is 10.9 Å². The van der Waals surface area contributed by atoms with E-state index in [1.165, 1.54) is 27.7 Å². The summed E-state index contributed by atoms with van der Waals surface area (Å²) in [5, 5.41) is 4.60. The Kier molecular flexibility index (Phi) is 3.27. The second-order valence-electron chi connectivity index (χ2n) is 7.32. The maximum absolute atomic E-state index is 11.5. The first-order valence-electron chi connectivity index (χ1n) is 8.51. The van der Waals surface area contributed by atoms with Crippen molar-refractivity contribution in [2.75, 3.05) is 13.6 Å². The highest BCUT2D eigenvalue weighted by Crippen LogP contribution is 2.44. The molecule has 122 valence electrons. The summed E-state index contributed by atoms with van der Waals surface area (Å²) >= 11 is 0. The summed E-state index contributed by atoms with van der Waals surface area (Å²) in [5.41, 5.74) is 5.73. The van der Waals surface area contributed by atoms with E-state index in [1.807, 2.05) is 0 Å². The number of nitrogens with zero attached hydrogens (tertiary/aromatic N) is 2. The molecule has 0 radical (unpaired) electrons. The Morgan fingerprint density at radius 1 is 1.30 bits per heavy atom. The summed E-state index contributed by atoms with van der Waals surface area (Å²) in [5.74, 6) is 0.579. The molecule has 4 heteroatoms. The highest BCUT2D eigenvalue weighted by atomic mass is 16.1. The molecule has 1 aliphatic heterocycles. The van der Waals surface area contributed by atoms with Gasteiger partial charge in [-0.1, -0.05) is 12.1 Å². The van der Waals surface area contributed by atoms with E-state index in [0.29, 0.717) is 12.0 Å². The fourth-order valence-electron chi connectivity index (χ4n) is 4.85. The summed E-state index contributed by atoms with van der Waals surface area (Å²) < 4.78 is 2.33. The molecule has 2 aromatic rings. The highest BCUT2D eigenvalue weighted by Gasteiger charge is 2.40. The number of aryl methyl sites for hydroxylation is 1. The second-order valence-corrected chi connectivity index (χ2v) is 7.32. The number of fused-ring (bicyclic) bond motifs is 2. The topological polar surface area (TPSA) is 37.3 Å². The zero-order chi connectivity index (χ0) is 16.3. The molecule has 1 amide bonds. The van der Waals surface area contributed by atoms with Crippen molar-refractivity contribution in [3.05, 3.63) is 35.0 Å². The lowest BCUT2D eigenvalue weighted by molar-refractivity contribution is -0.120. The monoisotopic (exact) mass is 311 g/mol. The Hall–Kier alpha value is -1.81. The van der Waals surface area contributed by atoms with Crippen LogP contribution >= 0.6 is 0 Å². The first kappa shape index (κ1) is 14.8. The number of carbonyl (C=O) groups is 1. The smallest absolute Gasteiger partial charge is 0.217 e. The molecule has 3 atom stereocenters. The molecule has 0 saturated carbocycles. The number of aromatic nitrogens is 1. The van der Waals surface area contributed by atoms with Crippen LogP contribution in [0.4, 0.5) is 0 Å². The minimum Gasteiger partial charge on any atom is -0.352 e. The number of hydrogen-bond acceptors (Lipinski definition) is 2. The number of carbonyl (C=O) groups excluding carboxylic acids is 1. The fourth-order valence-corrected chi connectivity index (χ4v) is 4.85. The van der Waals surface area contributed by atoms with E-state index in [0.717, 1.165) is 19.4 Å². The van der Waals surface area contributed by atoms with Crippen LogP contribution in [0.15, 0.2) is 18.2 Å². The van der Waals surface area contributed by atoms with Crippen LogP contribution < -0.4 is 5.32 Å². The number of rotatable bonds is 1. The molecular formula is C19H25N3O. The largest absolute Gasteiger partial charge is 0.352 e. The molecule has 2 heterocycles. The summed E-state index contributed by atoms with van der Waals surface area (Å²) in [6, 6.07) is 7.50. The lowest BCUT2D eigenvalue weighted by atomic mass is 9.73. The van der Waals surface area contributed by atoms with Crippen molar-refractivity contribution >= 4 is 16.8 Å². The van der Waals surface area contributed by atoms with E-state index < -0.39 is 0 Å². The fraction of sp³-hybridized carbons (Fsp3) is 0.526. The van der Waals surface area contributed by atoms with Gasteiger partial charge in [0.1, 0.15) is 0 Å². The van der Waals surface area contributed by atoms with Crippen molar-refractivity contribution in [3.63, 3.8) is 0 Å². The lowest BCUT2D eigenvalue weighted by Gasteiger charge is -2.45. The van der Waals surface area contributed by atoms with Gasteiger partial charge in [-0.25, -0.2) is 0 Å². The maximum atomic E-state index is 11.5. The molecule has 1 aromatic carbocycles. The van der Waals surface area contributed by atoms with Gasteiger partial charge in [0, 0.05) is 55.1 Å². The van der Waals surface area contributed by atoms with E-state index >= 15 is 0 Å². The normalized spacial score (nSPS) is 27.0. The van der Waals surface area contributed by atoms with Gasteiger partial charge in [0.15, 0.2) is 0 Å². The molecule has 1 N–H and O–H groups in total. The van der Waals surface area contributed by atoms with Crippen LogP contribution in [0.1, 0.15) is 36.1 Å². The molecule has 4 nitrogen and oxygen atoms in total. The average Bonchev–Trinajstić information content (AvgIpc) is 2.74. The number of hydrogen-bond donors (Lipinski definition) is 1. The number of piperidine rings is 1. The number of nitrogens with one attached hydrogen (secondary N) is 1. The SMILES string of the molecule is CC(=O)NC1CC2c3cccc4c3c(c(C)n4C)CC2N(C)C1. The summed E-state index contributed by atoms with van der Waals surface area (Å²) in [6.07, 6.45) is 2.16. The Bertz CT molecular complexity index is 791. The predicted molar refractivity (Wildman–Crippen MR) is 92.7 cm³/mol. The first-order valence-corrected chi connectivity index (χ1v) is 8.51. The first-order chi connectivity index (χ1) is 11.0. The van der Waals surface area contributed by atoms with Crippen LogP contribution in [-0.4, -0.2) is 41.1 Å². The van der Waals surface area contributed by atoms with Crippen molar-refractivity contribution in [1.29, 1.82) is 0 Å². The van der Waals surface area contributed by atoms with Crippen molar-refractivity contribution in [2.24, 2.45) is 7.05 Å². The van der Waals surface area contributed by atoms with Gasteiger partial charge in [0.25, 0.3) is 0 Å². The number of likely N-dealkylation sites (tertiary alicyclic amines) is 1. The summed E-state index contributed by atoms with van der Waals surface area (Å²) in [7, 11) is 4.37. The molecule has 1 aliphatic carbocycles. The van der Waals surface area contributed by atoms with Gasteiger partial charge in [0.05, 0.1) is 0 Å². The standard InChI is InChI=1S/C19H25N3O/c1-11-15-9-18-16(8-13(10-21(18)3)20-12(2)23)14-6-5-7-17(19(14)15)22(11)4/h5-7,13,16,18H,8-10H2,1-4H3,(H,20,23). The number of benzene rings is 1. The molecule has 4 rings (SSSR count). The Morgan fingerprint density at radius 2 is 2.09 bits per heavy atom. The van der Waals surface area contributed by atoms with E-state index in [4.69, 9.17) is 0 Å². The van der Waals surface area contributed by atoms with Crippen LogP contribution in [0, 0.1) is 6.92 Å². The molecule has 23 heavy (non-hydrogen) atoms. The van der Waals surface area contributed by atoms with Crippen LogP contribution in [0.3, 0.4) is 0 Å². The Labute approximate surface area is 137 Å². The van der Waals surface area contributed by atoms with Crippen molar-refractivity contribution in [2.45, 2.75) is 44.7 Å². The van der Waals surface area contributed by atoms with Crippen molar-refractivity contribution in [3.8, 4) is 0 Å². The molecule has 3 unspecified atom stereocenters. The molecule has 0 spiro atoms. The summed E-state index contributed by atoms with van der Waals surface area (Å²) in [6.45, 7) is 4.80. The van der Waals surface area contributed by atoms with E-state index in [1.54, 1.807) is 6.92 Å². The van der Waals surface area contributed by atoms with Gasteiger partial charge in [-0.05, 0) is 44.0 Å². The minimum atomic E-state index is 0.0760. The predicted octanol–water partition coefficient (Wildman–Crippen LogP) is 2.34. The molecule has 1 saturated heterocycles. The third-order valence-corrected chi connectivity index (χ3v) is 5.98. The highest BCUT2D eigenvalue weighted by molar-refractivity contribution is 5.90. The van der Waals surface area contributed by atoms with E-state index in [9.17, 15) is 4.79 Å². The van der Waals surface area contributed by atoms with Crippen molar-refractivity contribution < 1.29 is 4.79 Å². The second kappa shape index (κ2) is 5.10. The molecular weight excluding hydrogens is 286 g/mol. The van der Waals surface area contributed by atoms with Crippen LogP contribution in [-0.2, 0) is 18.3 Å². The maximum Gasteiger partial charge on any atom is 0.217 e. The molecule has 2 aliphatic rings. The number of amides is 1. The van der Waals surface area contributed by atoms with Crippen LogP contribution in [0.5, 0.6) is 0 Å². The quantitative estimate of drug-likeness (QED) is 0.878. The van der Waals surface area contributed by atoms with Gasteiger partial charge in [-0.15, -0.1) is 0 Å². The van der Waals surface area contributed by atoms with Gasteiger partial charge < -0.3 is 14.8 Å². The van der Waals surface area contributed by atoms with Gasteiger partial charge in [-0.3, -0.25) is 4.79 Å². The van der Waals surface area contributed by atoms with Gasteiger partial charge in [-0.2, -0.15) is 0 Å². The zero-order valence-corrected chi connectivity index (χ0v) is 14.4. The third-order valence-electron chi connectivity index (χ3n) is 5.98. The third kappa shape index (κ3) is 2.12. The molecule has 1 aromatic heterocycles. The Balaban J connectivity index is 1.83. The zero-order valence-electron chi connectivity index (χ0n) is 14.4. The number of likely N-dealkylation sites (N-methyl/N-ethyl adjacent to an activating group) is 1. The van der Waals surface area contributed by atoms with Crippen molar-refractivity contribution in [1.82, 2.24) is 14.8 Å². The van der Waals surface area contributed by atoms with Gasteiger partial charge >= 0.3 is 0 Å². The lowest BCUT2D eigenvalue weighted by Crippen LogP contribution is -2.54. The van der Waals surface area contributed by atoms with Gasteiger partial charge in [0.2, 0.25) is 5.91 Å². The van der Waals surface area contributed by atoms with E-state index in [2.05, 4.69) is 54.0 Å². The van der Waals surface area contributed by atoms with E-state index in [-0.39, 0.29) is 11.9 Å². The molecule has 1 fully saturated rings. The minimum absolute atomic E-state index is 0.0760. The Morgan fingerprint density at radius 3 is 2.83 bits per heavy atom. The average molecular weight is 311 g/mol. The molecule has 0 bridgehead atoms.